The number of hydrogen-bond donors (Lipinski definition) is 1. The maximum Gasteiger partial charge on any atom is 0.208 e. The molecule has 1 heterocycles. The summed E-state index contributed by atoms with van der Waals surface area (Å²) in [6, 6.07) is 0. The number of nitrogens with zero attached hydrogens (tertiary/aromatic N) is 1. The van der Waals surface area contributed by atoms with Gasteiger partial charge in [0, 0.05) is 13.1 Å². The van der Waals surface area contributed by atoms with Gasteiger partial charge in [0.1, 0.15) is 6.17 Å². The van der Waals surface area contributed by atoms with E-state index in [1.165, 1.54) is 19.3 Å². The molecule has 0 aliphatic carbocycles. The van der Waals surface area contributed by atoms with Crippen LogP contribution in [0.3, 0.4) is 0 Å². The zero-order valence-corrected chi connectivity index (χ0v) is 6.97. The minimum Gasteiger partial charge on any atom is -0.337 e. The highest BCUT2D eigenvalue weighted by molar-refractivity contribution is 5.48. The molecule has 11 heavy (non-hydrogen) atoms. The summed E-state index contributed by atoms with van der Waals surface area (Å²) in [5.74, 6) is 0. The molecule has 3 heteroatoms. The second kappa shape index (κ2) is 4.34. The van der Waals surface area contributed by atoms with Gasteiger partial charge in [0.05, 0.1) is 0 Å². The molecule has 1 saturated heterocycles. The van der Waals surface area contributed by atoms with Crippen molar-refractivity contribution in [1.82, 2.24) is 10.2 Å². The third kappa shape index (κ3) is 2.50. The van der Waals surface area contributed by atoms with E-state index in [0.717, 1.165) is 25.7 Å². The van der Waals surface area contributed by atoms with Crippen LogP contribution in [0.2, 0.25) is 0 Å². The van der Waals surface area contributed by atoms with Gasteiger partial charge in [-0.05, 0) is 19.8 Å². The average Bonchev–Trinajstić information content (AvgIpc) is 2.07. The van der Waals surface area contributed by atoms with Crippen molar-refractivity contribution < 1.29 is 4.79 Å². The molecule has 1 N–H and O–H groups in total. The molecule has 0 aromatic heterocycles. The molecular formula is C8H15N2O. The first-order chi connectivity index (χ1) is 5.34. The smallest absolute Gasteiger partial charge is 0.208 e. The van der Waals surface area contributed by atoms with E-state index >= 15 is 0 Å². The Bertz CT molecular complexity index is 121. The fourth-order valence-electron chi connectivity index (χ4n) is 1.41. The quantitative estimate of drug-likeness (QED) is 0.609. The summed E-state index contributed by atoms with van der Waals surface area (Å²) in [4.78, 5) is 12.3. The highest BCUT2D eigenvalue weighted by Gasteiger charge is 2.15. The Balaban J connectivity index is 2.26. The number of hydrogen-bond acceptors (Lipinski definition) is 2. The predicted octanol–water partition coefficient (Wildman–Crippen LogP) is 0.728. The van der Waals surface area contributed by atoms with E-state index in [-0.39, 0.29) is 0 Å². The van der Waals surface area contributed by atoms with Crippen LogP contribution in [0.1, 0.15) is 26.2 Å². The summed E-state index contributed by atoms with van der Waals surface area (Å²) in [7, 11) is 0. The van der Waals surface area contributed by atoms with Crippen molar-refractivity contribution in [1.29, 1.82) is 0 Å². The van der Waals surface area contributed by atoms with Gasteiger partial charge in [0.15, 0.2) is 0 Å². The number of nitrogens with one attached hydrogen (secondary N) is 1. The lowest BCUT2D eigenvalue weighted by molar-refractivity contribution is -0.110. The molecule has 3 nitrogen and oxygen atoms in total. The third-order valence-corrected chi connectivity index (χ3v) is 2.10. The van der Waals surface area contributed by atoms with Crippen LogP contribution in [0, 0.1) is 6.17 Å². The number of carbonyl (C=O) groups is 1. The summed E-state index contributed by atoms with van der Waals surface area (Å²) in [5.41, 5.74) is 0. The number of piperidine rings is 1. The zero-order chi connectivity index (χ0) is 8.10. The molecule has 0 spiro atoms. The van der Waals surface area contributed by atoms with Crippen LogP contribution in [-0.4, -0.2) is 24.4 Å². The Morgan fingerprint density at radius 3 is 2.55 bits per heavy atom. The molecule has 0 atom stereocenters. The standard InChI is InChI=1S/C8H15N2O/c1-8(9-7-11)10-5-3-2-4-6-10/h7H,2-6H2,1H3,(H,9,11). The van der Waals surface area contributed by atoms with E-state index in [0.29, 0.717) is 0 Å². The molecule has 0 aromatic rings. The summed E-state index contributed by atoms with van der Waals surface area (Å²) >= 11 is 0. The Labute approximate surface area is 67.8 Å². The topological polar surface area (TPSA) is 32.3 Å². The second-order valence-electron chi connectivity index (χ2n) is 2.90. The highest BCUT2D eigenvalue weighted by atomic mass is 16.1. The minimum absolute atomic E-state index is 0.740. The van der Waals surface area contributed by atoms with E-state index < -0.39 is 0 Å². The number of likely N-dealkylation sites (tertiary alicyclic amines) is 1. The van der Waals surface area contributed by atoms with Gasteiger partial charge in [-0.3, -0.25) is 9.69 Å². The van der Waals surface area contributed by atoms with E-state index in [1.807, 2.05) is 6.92 Å². The molecule has 0 unspecified atom stereocenters. The average molecular weight is 155 g/mol. The summed E-state index contributed by atoms with van der Waals surface area (Å²) < 4.78 is 0. The van der Waals surface area contributed by atoms with Gasteiger partial charge in [-0.1, -0.05) is 6.42 Å². The first-order valence-corrected chi connectivity index (χ1v) is 4.13. The number of carbonyl (C=O) groups excluding carboxylic acids is 1. The Hall–Kier alpha value is -0.570. The number of amides is 1. The van der Waals surface area contributed by atoms with Gasteiger partial charge >= 0.3 is 0 Å². The van der Waals surface area contributed by atoms with Crippen LogP contribution in [-0.2, 0) is 4.79 Å². The monoisotopic (exact) mass is 155 g/mol. The first-order valence-electron chi connectivity index (χ1n) is 4.13. The largest absolute Gasteiger partial charge is 0.337 e. The SMILES string of the molecule is C[C](NC=O)N1CCCCC1. The van der Waals surface area contributed by atoms with E-state index in [9.17, 15) is 4.79 Å². The van der Waals surface area contributed by atoms with E-state index in [1.54, 1.807) is 0 Å². The molecule has 0 saturated carbocycles. The fourth-order valence-corrected chi connectivity index (χ4v) is 1.41. The van der Waals surface area contributed by atoms with Crippen LogP contribution < -0.4 is 5.32 Å². The van der Waals surface area contributed by atoms with Gasteiger partial charge < -0.3 is 5.32 Å². The van der Waals surface area contributed by atoms with Crippen LogP contribution in [0.15, 0.2) is 0 Å². The first kappa shape index (κ1) is 8.53. The van der Waals surface area contributed by atoms with Gasteiger partial charge in [-0.2, -0.15) is 0 Å². The van der Waals surface area contributed by atoms with Crippen molar-refractivity contribution in [2.24, 2.45) is 0 Å². The van der Waals surface area contributed by atoms with E-state index in [4.69, 9.17) is 0 Å². The molecule has 0 aromatic carbocycles. The Morgan fingerprint density at radius 1 is 1.36 bits per heavy atom. The third-order valence-electron chi connectivity index (χ3n) is 2.10. The van der Waals surface area contributed by atoms with Crippen LogP contribution in [0.5, 0.6) is 0 Å². The van der Waals surface area contributed by atoms with Crippen molar-refractivity contribution in [2.45, 2.75) is 26.2 Å². The second-order valence-corrected chi connectivity index (χ2v) is 2.90. The summed E-state index contributed by atoms with van der Waals surface area (Å²) in [5, 5.41) is 2.68. The van der Waals surface area contributed by atoms with Gasteiger partial charge in [0.25, 0.3) is 0 Å². The molecule has 1 aliphatic heterocycles. The van der Waals surface area contributed by atoms with Crippen molar-refractivity contribution >= 4 is 6.41 Å². The lowest BCUT2D eigenvalue weighted by Crippen LogP contribution is -2.39. The Kier molecular flexibility index (Phi) is 3.36. The van der Waals surface area contributed by atoms with Crippen LogP contribution in [0.25, 0.3) is 0 Å². The molecule has 1 amide bonds. The van der Waals surface area contributed by atoms with Crippen LogP contribution in [0.4, 0.5) is 0 Å². The highest BCUT2D eigenvalue weighted by Crippen LogP contribution is 2.13. The number of rotatable bonds is 3. The van der Waals surface area contributed by atoms with Crippen LogP contribution >= 0.6 is 0 Å². The minimum atomic E-state index is 0.740. The normalized spacial score (nSPS) is 20.2. The lowest BCUT2D eigenvalue weighted by Gasteiger charge is -2.30. The fraction of sp³-hybridized carbons (Fsp3) is 0.750. The predicted molar refractivity (Wildman–Crippen MR) is 43.5 cm³/mol. The summed E-state index contributed by atoms with van der Waals surface area (Å²) in [6.07, 6.45) is 5.55. The van der Waals surface area contributed by atoms with Crippen molar-refractivity contribution in [2.75, 3.05) is 13.1 Å². The molecule has 63 valence electrons. The lowest BCUT2D eigenvalue weighted by atomic mass is 10.1. The van der Waals surface area contributed by atoms with Crippen molar-refractivity contribution in [3.05, 3.63) is 6.17 Å². The molecule has 1 radical (unpaired) electrons. The molecule has 1 rings (SSSR count). The maximum atomic E-state index is 10.1. The molecular weight excluding hydrogens is 140 g/mol. The van der Waals surface area contributed by atoms with Gasteiger partial charge in [0.2, 0.25) is 6.41 Å². The molecule has 0 bridgehead atoms. The maximum absolute atomic E-state index is 10.1. The van der Waals surface area contributed by atoms with Crippen molar-refractivity contribution in [3.8, 4) is 0 Å². The van der Waals surface area contributed by atoms with E-state index in [2.05, 4.69) is 10.2 Å². The molecule has 1 fully saturated rings. The van der Waals surface area contributed by atoms with Gasteiger partial charge in [-0.25, -0.2) is 0 Å². The Morgan fingerprint density at radius 2 is 2.00 bits per heavy atom. The molecule has 1 aliphatic rings. The van der Waals surface area contributed by atoms with Crippen molar-refractivity contribution in [3.63, 3.8) is 0 Å². The zero-order valence-electron chi connectivity index (χ0n) is 6.97. The summed E-state index contributed by atoms with van der Waals surface area (Å²) in [6.45, 7) is 4.12. The van der Waals surface area contributed by atoms with Gasteiger partial charge in [-0.15, -0.1) is 0 Å².